The monoisotopic (exact) mass is 495 g/mol. The van der Waals surface area contributed by atoms with Crippen LogP contribution in [0.5, 0.6) is 0 Å². The van der Waals surface area contributed by atoms with Crippen molar-refractivity contribution < 1.29 is 14.0 Å². The second-order valence-corrected chi connectivity index (χ2v) is 9.89. The zero-order chi connectivity index (χ0) is 25.7. The average Bonchev–Trinajstić information content (AvgIpc) is 3.55. The lowest BCUT2D eigenvalue weighted by Gasteiger charge is -2.41. The third-order valence-electron chi connectivity index (χ3n) is 7.75. The molecule has 6 nitrogen and oxygen atoms in total. The Labute approximate surface area is 218 Å². The predicted octanol–water partition coefficient (Wildman–Crippen LogP) is 5.11. The molecular formula is C31H33N3O3. The molecule has 2 fully saturated rings. The van der Waals surface area contributed by atoms with Gasteiger partial charge in [-0.1, -0.05) is 60.5 Å². The molecular weight excluding hydrogens is 462 g/mol. The van der Waals surface area contributed by atoms with E-state index < -0.39 is 5.54 Å². The summed E-state index contributed by atoms with van der Waals surface area (Å²) in [7, 11) is 0. The maximum Gasteiger partial charge on any atom is 0.325 e. The van der Waals surface area contributed by atoms with Gasteiger partial charge in [0, 0.05) is 12.1 Å². The molecule has 0 aliphatic carbocycles. The van der Waals surface area contributed by atoms with Crippen molar-refractivity contribution in [3.05, 3.63) is 84.1 Å². The Morgan fingerprint density at radius 2 is 1.76 bits per heavy atom. The molecule has 2 aromatic carbocycles. The first-order chi connectivity index (χ1) is 18.1. The van der Waals surface area contributed by atoms with E-state index in [1.165, 1.54) is 16.0 Å². The van der Waals surface area contributed by atoms with Crippen LogP contribution in [0.3, 0.4) is 0 Å². The lowest BCUT2D eigenvalue weighted by Crippen LogP contribution is -2.56. The minimum atomic E-state index is -0.888. The Kier molecular flexibility index (Phi) is 7.43. The SMILES string of the molecule is CC#CCN1C(=O)NC(CCc2ccccc2)(C2CCN(Cc3ccccc3-c3ccco3)CC2)C1=O. The third-order valence-corrected chi connectivity index (χ3v) is 7.75. The molecule has 2 aliphatic rings. The van der Waals surface area contributed by atoms with E-state index >= 15 is 0 Å². The van der Waals surface area contributed by atoms with E-state index in [1.54, 1.807) is 13.2 Å². The number of carbonyl (C=O) groups excluding carboxylic acids is 2. The number of rotatable bonds is 8. The lowest BCUT2D eigenvalue weighted by atomic mass is 9.74. The van der Waals surface area contributed by atoms with Crippen LogP contribution in [-0.2, 0) is 17.8 Å². The highest BCUT2D eigenvalue weighted by molar-refractivity contribution is 6.07. The van der Waals surface area contributed by atoms with Gasteiger partial charge in [-0.15, -0.1) is 5.92 Å². The predicted molar refractivity (Wildman–Crippen MR) is 143 cm³/mol. The van der Waals surface area contributed by atoms with Crippen LogP contribution < -0.4 is 5.32 Å². The molecule has 1 atom stereocenters. The number of carbonyl (C=O) groups is 2. The first-order valence-electron chi connectivity index (χ1n) is 13.0. The number of hydrogen-bond donors (Lipinski definition) is 1. The molecule has 1 unspecified atom stereocenters. The average molecular weight is 496 g/mol. The van der Waals surface area contributed by atoms with Crippen molar-refractivity contribution >= 4 is 11.9 Å². The van der Waals surface area contributed by atoms with E-state index in [0.29, 0.717) is 6.42 Å². The fourth-order valence-electron chi connectivity index (χ4n) is 5.74. The second kappa shape index (κ2) is 11.1. The number of piperidine rings is 1. The van der Waals surface area contributed by atoms with E-state index in [9.17, 15) is 9.59 Å². The van der Waals surface area contributed by atoms with Gasteiger partial charge < -0.3 is 9.73 Å². The van der Waals surface area contributed by atoms with Gasteiger partial charge in [-0.25, -0.2) is 4.79 Å². The molecule has 0 saturated carbocycles. The van der Waals surface area contributed by atoms with Gasteiger partial charge in [0.05, 0.1) is 12.8 Å². The molecule has 0 radical (unpaired) electrons. The summed E-state index contributed by atoms with van der Waals surface area (Å²) in [5.74, 6) is 6.52. The van der Waals surface area contributed by atoms with Gasteiger partial charge in [-0.05, 0) is 74.9 Å². The van der Waals surface area contributed by atoms with Crippen molar-refractivity contribution in [2.75, 3.05) is 19.6 Å². The molecule has 2 saturated heterocycles. The van der Waals surface area contributed by atoms with Crippen LogP contribution in [0.4, 0.5) is 4.79 Å². The van der Waals surface area contributed by atoms with Gasteiger partial charge in [0.2, 0.25) is 0 Å². The molecule has 3 amide bonds. The van der Waals surface area contributed by atoms with Crippen molar-refractivity contribution in [1.29, 1.82) is 0 Å². The van der Waals surface area contributed by atoms with Gasteiger partial charge in [-0.3, -0.25) is 14.6 Å². The molecule has 6 heteroatoms. The number of hydrogen-bond acceptors (Lipinski definition) is 4. The molecule has 2 aliphatic heterocycles. The maximum absolute atomic E-state index is 13.8. The van der Waals surface area contributed by atoms with Gasteiger partial charge in [0.25, 0.3) is 5.91 Å². The zero-order valence-corrected chi connectivity index (χ0v) is 21.3. The maximum atomic E-state index is 13.8. The molecule has 190 valence electrons. The van der Waals surface area contributed by atoms with Crippen LogP contribution in [0.25, 0.3) is 11.3 Å². The zero-order valence-electron chi connectivity index (χ0n) is 21.3. The summed E-state index contributed by atoms with van der Waals surface area (Å²) >= 11 is 0. The number of urea groups is 1. The minimum Gasteiger partial charge on any atom is -0.464 e. The minimum absolute atomic E-state index is 0.0730. The topological polar surface area (TPSA) is 65.8 Å². The largest absolute Gasteiger partial charge is 0.464 e. The third kappa shape index (κ3) is 5.19. The molecule has 0 spiro atoms. The quantitative estimate of drug-likeness (QED) is 0.349. The first kappa shape index (κ1) is 24.9. The number of nitrogens with one attached hydrogen (secondary N) is 1. The number of nitrogens with zero attached hydrogens (tertiary/aromatic N) is 2. The Hall–Kier alpha value is -3.82. The van der Waals surface area contributed by atoms with E-state index in [4.69, 9.17) is 4.42 Å². The molecule has 1 aromatic heterocycles. The number of likely N-dealkylation sites (tertiary alicyclic amines) is 1. The highest BCUT2D eigenvalue weighted by Gasteiger charge is 2.55. The van der Waals surface area contributed by atoms with Crippen LogP contribution in [0, 0.1) is 17.8 Å². The Bertz CT molecular complexity index is 1280. The molecule has 5 rings (SSSR count). The van der Waals surface area contributed by atoms with Gasteiger partial charge in [0.1, 0.15) is 11.3 Å². The molecule has 3 aromatic rings. The normalized spacial score (nSPS) is 20.5. The lowest BCUT2D eigenvalue weighted by molar-refractivity contribution is -0.134. The molecule has 37 heavy (non-hydrogen) atoms. The summed E-state index contributed by atoms with van der Waals surface area (Å²) in [6.45, 7) is 4.40. The number of imide groups is 1. The van der Waals surface area contributed by atoms with Crippen LogP contribution in [0.1, 0.15) is 37.3 Å². The van der Waals surface area contributed by atoms with E-state index in [-0.39, 0.29) is 24.4 Å². The highest BCUT2D eigenvalue weighted by atomic mass is 16.3. The van der Waals surface area contributed by atoms with Crippen molar-refractivity contribution in [1.82, 2.24) is 15.1 Å². The highest BCUT2D eigenvalue weighted by Crippen LogP contribution is 2.38. The summed E-state index contributed by atoms with van der Waals surface area (Å²) in [5, 5.41) is 3.15. The van der Waals surface area contributed by atoms with E-state index in [2.05, 4.69) is 52.4 Å². The molecule has 0 bridgehead atoms. The number of amides is 3. The Morgan fingerprint density at radius 1 is 1.00 bits per heavy atom. The van der Waals surface area contributed by atoms with E-state index in [0.717, 1.165) is 50.2 Å². The first-order valence-corrected chi connectivity index (χ1v) is 13.0. The summed E-state index contributed by atoms with van der Waals surface area (Å²) < 4.78 is 5.66. The van der Waals surface area contributed by atoms with Crippen molar-refractivity contribution in [3.63, 3.8) is 0 Å². The summed E-state index contributed by atoms with van der Waals surface area (Å²) in [4.78, 5) is 30.4. The second-order valence-electron chi connectivity index (χ2n) is 9.89. The Balaban J connectivity index is 1.32. The molecule has 3 heterocycles. The van der Waals surface area contributed by atoms with Gasteiger partial charge >= 0.3 is 6.03 Å². The van der Waals surface area contributed by atoms with Crippen molar-refractivity contribution in [2.45, 2.75) is 44.7 Å². The van der Waals surface area contributed by atoms with Gasteiger partial charge in [0.15, 0.2) is 0 Å². The summed E-state index contributed by atoms with van der Waals surface area (Å²) in [6, 6.07) is 22.1. The Morgan fingerprint density at radius 3 is 2.49 bits per heavy atom. The van der Waals surface area contributed by atoms with Crippen molar-refractivity contribution in [3.8, 4) is 23.2 Å². The number of furan rings is 1. The smallest absolute Gasteiger partial charge is 0.325 e. The van der Waals surface area contributed by atoms with E-state index in [1.807, 2.05) is 36.4 Å². The van der Waals surface area contributed by atoms with Crippen LogP contribution in [0.15, 0.2) is 77.4 Å². The molecule has 1 N–H and O–H groups in total. The van der Waals surface area contributed by atoms with Gasteiger partial charge in [-0.2, -0.15) is 0 Å². The van der Waals surface area contributed by atoms with Crippen LogP contribution in [0.2, 0.25) is 0 Å². The standard InChI is InChI=1S/C31H33N3O3/c1-2-3-19-34-29(35)31(32-30(34)36,18-15-24-10-5-4-6-11-24)26-16-20-33(21-17-26)23-25-12-7-8-13-27(25)28-14-9-22-37-28/h4-14,22,26H,15-21,23H2,1H3,(H,32,36). The summed E-state index contributed by atoms with van der Waals surface area (Å²) in [5.41, 5.74) is 2.62. The number of benzene rings is 2. The summed E-state index contributed by atoms with van der Waals surface area (Å²) in [6.07, 6.45) is 4.71. The van der Waals surface area contributed by atoms with Crippen LogP contribution >= 0.6 is 0 Å². The number of aryl methyl sites for hydroxylation is 1. The van der Waals surface area contributed by atoms with Crippen molar-refractivity contribution in [2.24, 2.45) is 5.92 Å². The van der Waals surface area contributed by atoms with Crippen LogP contribution in [-0.4, -0.2) is 46.9 Å². The fourth-order valence-corrected chi connectivity index (χ4v) is 5.74. The fraction of sp³-hybridized carbons (Fsp3) is 0.355.